The summed E-state index contributed by atoms with van der Waals surface area (Å²) in [4.78, 5) is 1.38. The van der Waals surface area contributed by atoms with Crippen molar-refractivity contribution in [1.82, 2.24) is 15.1 Å². The summed E-state index contributed by atoms with van der Waals surface area (Å²) >= 11 is 1.80. The van der Waals surface area contributed by atoms with Crippen molar-refractivity contribution < 1.29 is 0 Å². The van der Waals surface area contributed by atoms with E-state index >= 15 is 0 Å². The van der Waals surface area contributed by atoms with E-state index in [1.807, 2.05) is 17.9 Å². The van der Waals surface area contributed by atoms with Crippen molar-refractivity contribution in [3.05, 3.63) is 39.8 Å². The Morgan fingerprint density at radius 2 is 2.35 bits per heavy atom. The third kappa shape index (κ3) is 2.58. The molecular formula is C13H19N3S. The van der Waals surface area contributed by atoms with E-state index in [9.17, 15) is 0 Å². The third-order valence-corrected chi connectivity index (χ3v) is 3.98. The van der Waals surface area contributed by atoms with Crippen molar-refractivity contribution in [2.75, 3.05) is 7.05 Å². The molecule has 1 N–H and O–H groups in total. The maximum atomic E-state index is 4.40. The molecule has 0 fully saturated rings. The molecule has 0 bridgehead atoms. The van der Waals surface area contributed by atoms with Gasteiger partial charge in [0.1, 0.15) is 0 Å². The van der Waals surface area contributed by atoms with Gasteiger partial charge in [-0.05, 0) is 37.4 Å². The van der Waals surface area contributed by atoms with Gasteiger partial charge in [0.25, 0.3) is 0 Å². The Bertz CT molecular complexity index is 472. The van der Waals surface area contributed by atoms with Crippen molar-refractivity contribution in [2.45, 2.75) is 32.9 Å². The molecule has 2 aromatic rings. The molecule has 2 heterocycles. The molecule has 0 saturated heterocycles. The topological polar surface area (TPSA) is 29.9 Å². The lowest BCUT2D eigenvalue weighted by molar-refractivity contribution is 0.600. The van der Waals surface area contributed by atoms with Gasteiger partial charge in [0.15, 0.2) is 0 Å². The zero-order chi connectivity index (χ0) is 12.3. The number of hydrogen-bond acceptors (Lipinski definition) is 3. The molecule has 0 radical (unpaired) electrons. The first-order valence-corrected chi connectivity index (χ1v) is 6.87. The van der Waals surface area contributed by atoms with E-state index in [1.165, 1.54) is 16.0 Å². The molecule has 17 heavy (non-hydrogen) atoms. The number of aryl methyl sites for hydroxylation is 2. The van der Waals surface area contributed by atoms with Crippen LogP contribution in [-0.2, 0) is 6.54 Å². The Balaban J connectivity index is 2.26. The van der Waals surface area contributed by atoms with Crippen LogP contribution in [0.2, 0.25) is 0 Å². The van der Waals surface area contributed by atoms with Gasteiger partial charge in [0.05, 0.1) is 12.2 Å². The zero-order valence-corrected chi connectivity index (χ0v) is 11.4. The molecule has 0 saturated carbocycles. The highest BCUT2D eigenvalue weighted by Crippen LogP contribution is 2.28. The molecule has 0 amide bonds. The van der Waals surface area contributed by atoms with E-state index < -0.39 is 0 Å². The van der Waals surface area contributed by atoms with E-state index in [0.29, 0.717) is 0 Å². The molecule has 3 nitrogen and oxygen atoms in total. The lowest BCUT2D eigenvalue weighted by atomic mass is 10.1. The Hall–Kier alpha value is -1.13. The van der Waals surface area contributed by atoms with Crippen molar-refractivity contribution in [3.8, 4) is 0 Å². The molecule has 2 aromatic heterocycles. The van der Waals surface area contributed by atoms with Gasteiger partial charge in [0, 0.05) is 23.2 Å². The second kappa shape index (κ2) is 5.47. The van der Waals surface area contributed by atoms with Crippen molar-refractivity contribution >= 4 is 11.3 Å². The van der Waals surface area contributed by atoms with Gasteiger partial charge in [0.2, 0.25) is 0 Å². The van der Waals surface area contributed by atoms with Crippen LogP contribution in [-0.4, -0.2) is 16.8 Å². The highest BCUT2D eigenvalue weighted by Gasteiger charge is 2.16. The molecule has 92 valence electrons. The lowest BCUT2D eigenvalue weighted by Crippen LogP contribution is -2.16. The van der Waals surface area contributed by atoms with E-state index in [-0.39, 0.29) is 6.04 Å². The van der Waals surface area contributed by atoms with E-state index in [4.69, 9.17) is 0 Å². The number of aromatic nitrogens is 2. The largest absolute Gasteiger partial charge is 0.309 e. The highest BCUT2D eigenvalue weighted by molar-refractivity contribution is 7.10. The summed E-state index contributed by atoms with van der Waals surface area (Å²) in [6, 6.07) is 2.43. The Kier molecular flexibility index (Phi) is 3.97. The lowest BCUT2D eigenvalue weighted by Gasteiger charge is -2.13. The quantitative estimate of drug-likeness (QED) is 0.883. The Morgan fingerprint density at radius 1 is 1.53 bits per heavy atom. The predicted octanol–water partition coefficient (Wildman–Crippen LogP) is 2.97. The molecule has 0 aromatic carbocycles. The van der Waals surface area contributed by atoms with Crippen LogP contribution in [0.15, 0.2) is 23.8 Å². The Morgan fingerprint density at radius 3 is 2.94 bits per heavy atom. The number of hydrogen-bond donors (Lipinski definition) is 1. The SMILES string of the molecule is CCCn1cc(C(NC)c2sccc2C)cn1. The van der Waals surface area contributed by atoms with Gasteiger partial charge >= 0.3 is 0 Å². The van der Waals surface area contributed by atoms with Gasteiger partial charge in [-0.15, -0.1) is 11.3 Å². The smallest absolute Gasteiger partial charge is 0.0702 e. The van der Waals surface area contributed by atoms with Crippen LogP contribution in [0.1, 0.15) is 35.4 Å². The van der Waals surface area contributed by atoms with Crippen LogP contribution in [0.3, 0.4) is 0 Å². The van der Waals surface area contributed by atoms with Gasteiger partial charge in [-0.25, -0.2) is 0 Å². The number of nitrogens with zero attached hydrogens (tertiary/aromatic N) is 2. The summed E-state index contributed by atoms with van der Waals surface area (Å²) in [7, 11) is 2.00. The van der Waals surface area contributed by atoms with Crippen LogP contribution in [0.4, 0.5) is 0 Å². The van der Waals surface area contributed by atoms with Gasteiger partial charge in [-0.2, -0.15) is 5.10 Å². The van der Waals surface area contributed by atoms with Gasteiger partial charge < -0.3 is 5.32 Å². The second-order valence-corrected chi connectivity index (χ2v) is 5.17. The first-order chi connectivity index (χ1) is 8.26. The molecule has 2 rings (SSSR count). The van der Waals surface area contributed by atoms with Crippen LogP contribution in [0, 0.1) is 6.92 Å². The fourth-order valence-electron chi connectivity index (χ4n) is 2.01. The summed E-state index contributed by atoms with van der Waals surface area (Å²) in [5.41, 5.74) is 2.59. The maximum Gasteiger partial charge on any atom is 0.0702 e. The number of nitrogens with one attached hydrogen (secondary N) is 1. The average molecular weight is 249 g/mol. The van der Waals surface area contributed by atoms with Crippen LogP contribution in [0.5, 0.6) is 0 Å². The fraction of sp³-hybridized carbons (Fsp3) is 0.462. The van der Waals surface area contributed by atoms with Crippen molar-refractivity contribution in [1.29, 1.82) is 0 Å². The second-order valence-electron chi connectivity index (χ2n) is 4.23. The normalized spacial score (nSPS) is 12.9. The number of thiophene rings is 1. The molecule has 0 aliphatic carbocycles. The first kappa shape index (κ1) is 12.3. The molecule has 1 unspecified atom stereocenters. The van der Waals surface area contributed by atoms with Crippen LogP contribution in [0.25, 0.3) is 0 Å². The molecule has 4 heteroatoms. The first-order valence-electron chi connectivity index (χ1n) is 5.99. The maximum absolute atomic E-state index is 4.40. The molecule has 0 spiro atoms. The minimum absolute atomic E-state index is 0.264. The van der Waals surface area contributed by atoms with E-state index in [1.54, 1.807) is 11.3 Å². The summed E-state index contributed by atoms with van der Waals surface area (Å²) in [6.45, 7) is 5.31. The standard InChI is InChI=1S/C13H19N3S/c1-4-6-16-9-11(8-15-16)12(14-3)13-10(2)5-7-17-13/h5,7-9,12,14H,4,6H2,1-3H3. The van der Waals surface area contributed by atoms with E-state index in [0.717, 1.165) is 13.0 Å². The summed E-state index contributed by atoms with van der Waals surface area (Å²) in [5, 5.41) is 9.91. The third-order valence-electron chi connectivity index (χ3n) is 2.89. The summed E-state index contributed by atoms with van der Waals surface area (Å²) in [5.74, 6) is 0. The Labute approximate surface area is 106 Å². The molecule has 0 aliphatic heterocycles. The summed E-state index contributed by atoms with van der Waals surface area (Å²) in [6.07, 6.45) is 5.23. The average Bonchev–Trinajstić information content (AvgIpc) is 2.92. The minimum Gasteiger partial charge on any atom is -0.309 e. The highest BCUT2D eigenvalue weighted by atomic mass is 32.1. The molecule has 0 aliphatic rings. The molecule has 1 atom stereocenters. The van der Waals surface area contributed by atoms with Crippen molar-refractivity contribution in [3.63, 3.8) is 0 Å². The van der Waals surface area contributed by atoms with Crippen LogP contribution >= 0.6 is 11.3 Å². The predicted molar refractivity (Wildman–Crippen MR) is 72.5 cm³/mol. The minimum atomic E-state index is 0.264. The fourth-order valence-corrected chi connectivity index (χ4v) is 3.07. The van der Waals surface area contributed by atoms with Gasteiger partial charge in [-0.1, -0.05) is 6.92 Å². The zero-order valence-electron chi connectivity index (χ0n) is 10.6. The van der Waals surface area contributed by atoms with Gasteiger partial charge in [-0.3, -0.25) is 4.68 Å². The molecular weight excluding hydrogens is 230 g/mol. The summed E-state index contributed by atoms with van der Waals surface area (Å²) < 4.78 is 2.02. The van der Waals surface area contributed by atoms with E-state index in [2.05, 4.69) is 41.9 Å². The number of rotatable bonds is 5. The monoisotopic (exact) mass is 249 g/mol. The van der Waals surface area contributed by atoms with Crippen LogP contribution < -0.4 is 5.32 Å². The van der Waals surface area contributed by atoms with Crippen molar-refractivity contribution in [2.24, 2.45) is 0 Å².